The Bertz CT molecular complexity index is 1360. The molecule has 7 nitrogen and oxygen atoms in total. The van der Waals surface area contributed by atoms with Crippen molar-refractivity contribution in [3.63, 3.8) is 0 Å². The number of carbonyl (C=O) groups excluding carboxylic acids is 1. The third kappa shape index (κ3) is 5.30. The van der Waals surface area contributed by atoms with Crippen molar-refractivity contribution in [1.82, 2.24) is 14.9 Å². The van der Waals surface area contributed by atoms with Crippen LogP contribution < -0.4 is 10.0 Å². The molecule has 33 heavy (non-hydrogen) atoms. The molecule has 3 aromatic carbocycles. The van der Waals surface area contributed by atoms with Crippen molar-refractivity contribution in [3.8, 4) is 5.69 Å². The van der Waals surface area contributed by atoms with Gasteiger partial charge in [0.1, 0.15) is 5.82 Å². The molecule has 1 amide bonds. The van der Waals surface area contributed by atoms with E-state index in [9.17, 15) is 13.2 Å². The molecule has 0 saturated heterocycles. The zero-order valence-corrected chi connectivity index (χ0v) is 19.1. The number of rotatable bonds is 7. The van der Waals surface area contributed by atoms with Gasteiger partial charge >= 0.3 is 0 Å². The highest BCUT2D eigenvalue weighted by Crippen LogP contribution is 2.17. The lowest BCUT2D eigenvalue weighted by atomic mass is 10.1. The van der Waals surface area contributed by atoms with E-state index in [-0.39, 0.29) is 10.8 Å². The highest BCUT2D eigenvalue weighted by Gasteiger charge is 2.14. The Balaban J connectivity index is 1.35. The number of imidazole rings is 1. The third-order valence-corrected chi connectivity index (χ3v) is 6.62. The molecule has 0 unspecified atom stereocenters. The molecule has 0 atom stereocenters. The predicted octanol–water partition coefficient (Wildman–Crippen LogP) is 4.22. The van der Waals surface area contributed by atoms with Gasteiger partial charge in [0.05, 0.1) is 4.90 Å². The molecular formula is C25H24N4O3S. The van der Waals surface area contributed by atoms with Crippen LogP contribution in [-0.4, -0.2) is 23.9 Å². The Kier molecular flexibility index (Phi) is 6.28. The average Bonchev–Trinajstić information content (AvgIpc) is 3.24. The van der Waals surface area contributed by atoms with Crippen LogP contribution in [0.2, 0.25) is 0 Å². The first-order valence-electron chi connectivity index (χ1n) is 10.4. The number of benzene rings is 3. The number of anilines is 1. The fourth-order valence-electron chi connectivity index (χ4n) is 3.33. The van der Waals surface area contributed by atoms with E-state index in [1.807, 2.05) is 48.9 Å². The van der Waals surface area contributed by atoms with Gasteiger partial charge in [0.15, 0.2) is 0 Å². The van der Waals surface area contributed by atoms with Gasteiger partial charge in [-0.3, -0.25) is 9.52 Å². The molecule has 1 aromatic heterocycles. The first kappa shape index (κ1) is 22.3. The quantitative estimate of drug-likeness (QED) is 0.432. The van der Waals surface area contributed by atoms with Crippen LogP contribution in [0.3, 0.4) is 0 Å². The molecule has 0 aliphatic carbocycles. The second kappa shape index (κ2) is 9.30. The molecule has 2 N–H and O–H groups in total. The average molecular weight is 461 g/mol. The zero-order valence-electron chi connectivity index (χ0n) is 18.3. The molecule has 0 bridgehead atoms. The standard InChI is InChI=1S/C25H24N4O3S/c1-18-3-13-24(14-4-18)33(31,32)28-22-9-7-21(8-10-22)25(30)27-17-20-5-11-23(12-6-20)29-16-15-26-19(29)2/h3-16,28H,17H2,1-2H3,(H,27,30). The van der Waals surface area contributed by atoms with Crippen LogP contribution in [0.1, 0.15) is 27.3 Å². The van der Waals surface area contributed by atoms with Crippen LogP contribution in [-0.2, 0) is 16.6 Å². The molecule has 0 radical (unpaired) electrons. The van der Waals surface area contributed by atoms with Crippen LogP contribution in [0.4, 0.5) is 5.69 Å². The number of aryl methyl sites for hydroxylation is 2. The highest BCUT2D eigenvalue weighted by molar-refractivity contribution is 7.92. The van der Waals surface area contributed by atoms with Crippen LogP contribution in [0.15, 0.2) is 90.1 Å². The normalized spacial score (nSPS) is 11.2. The van der Waals surface area contributed by atoms with Crippen molar-refractivity contribution in [1.29, 1.82) is 0 Å². The Morgan fingerprint density at radius 2 is 1.58 bits per heavy atom. The molecule has 0 aliphatic rings. The lowest BCUT2D eigenvalue weighted by Gasteiger charge is -2.10. The summed E-state index contributed by atoms with van der Waals surface area (Å²) in [4.78, 5) is 16.9. The molecule has 0 fully saturated rings. The van der Waals surface area contributed by atoms with Crippen molar-refractivity contribution in [2.45, 2.75) is 25.3 Å². The van der Waals surface area contributed by atoms with Gasteiger partial charge < -0.3 is 9.88 Å². The van der Waals surface area contributed by atoms with Crippen molar-refractivity contribution >= 4 is 21.6 Å². The maximum absolute atomic E-state index is 12.5. The van der Waals surface area contributed by atoms with Gasteiger partial charge in [0.2, 0.25) is 0 Å². The summed E-state index contributed by atoms with van der Waals surface area (Å²) in [5.74, 6) is 0.665. The van der Waals surface area contributed by atoms with E-state index in [2.05, 4.69) is 15.0 Å². The molecule has 4 rings (SSSR count). The maximum atomic E-state index is 12.5. The molecule has 0 aliphatic heterocycles. The zero-order chi connectivity index (χ0) is 23.4. The predicted molar refractivity (Wildman–Crippen MR) is 128 cm³/mol. The Hall–Kier alpha value is -3.91. The molecule has 0 saturated carbocycles. The van der Waals surface area contributed by atoms with Crippen molar-refractivity contribution < 1.29 is 13.2 Å². The topological polar surface area (TPSA) is 93.1 Å². The number of nitrogens with one attached hydrogen (secondary N) is 2. The van der Waals surface area contributed by atoms with E-state index in [4.69, 9.17) is 0 Å². The molecular weight excluding hydrogens is 436 g/mol. The molecule has 0 spiro atoms. The minimum absolute atomic E-state index is 0.184. The summed E-state index contributed by atoms with van der Waals surface area (Å²) < 4.78 is 29.5. The molecule has 1 heterocycles. The summed E-state index contributed by atoms with van der Waals surface area (Å²) >= 11 is 0. The summed E-state index contributed by atoms with van der Waals surface area (Å²) in [6, 6.07) is 20.8. The largest absolute Gasteiger partial charge is 0.348 e. The van der Waals surface area contributed by atoms with Gasteiger partial charge in [-0.25, -0.2) is 13.4 Å². The number of hydrogen-bond acceptors (Lipinski definition) is 4. The number of aromatic nitrogens is 2. The first-order valence-corrected chi connectivity index (χ1v) is 11.9. The van der Waals surface area contributed by atoms with Crippen LogP contribution in [0.5, 0.6) is 0 Å². The Morgan fingerprint density at radius 1 is 0.909 bits per heavy atom. The van der Waals surface area contributed by atoms with Crippen molar-refractivity contribution in [2.24, 2.45) is 0 Å². The van der Waals surface area contributed by atoms with Gasteiger partial charge in [-0.15, -0.1) is 0 Å². The van der Waals surface area contributed by atoms with E-state index in [1.165, 1.54) is 0 Å². The van der Waals surface area contributed by atoms with Gasteiger partial charge in [-0.1, -0.05) is 29.8 Å². The van der Waals surface area contributed by atoms with Crippen LogP contribution in [0, 0.1) is 13.8 Å². The number of nitrogens with zero attached hydrogens (tertiary/aromatic N) is 2. The van der Waals surface area contributed by atoms with Crippen LogP contribution >= 0.6 is 0 Å². The highest BCUT2D eigenvalue weighted by atomic mass is 32.2. The lowest BCUT2D eigenvalue weighted by molar-refractivity contribution is 0.0951. The summed E-state index contributed by atoms with van der Waals surface area (Å²) in [6.45, 7) is 4.21. The van der Waals surface area contributed by atoms with Gasteiger partial charge in [0, 0.05) is 35.9 Å². The minimum atomic E-state index is -3.69. The lowest BCUT2D eigenvalue weighted by Crippen LogP contribution is -2.22. The Labute approximate surface area is 193 Å². The third-order valence-electron chi connectivity index (χ3n) is 5.22. The maximum Gasteiger partial charge on any atom is 0.261 e. The van der Waals surface area contributed by atoms with E-state index >= 15 is 0 Å². The minimum Gasteiger partial charge on any atom is -0.348 e. The van der Waals surface area contributed by atoms with Crippen molar-refractivity contribution in [2.75, 3.05) is 4.72 Å². The monoisotopic (exact) mass is 460 g/mol. The second-order valence-corrected chi connectivity index (χ2v) is 9.37. The number of sulfonamides is 1. The Morgan fingerprint density at radius 3 is 2.18 bits per heavy atom. The molecule has 4 aromatic rings. The van der Waals surface area contributed by atoms with E-state index in [0.29, 0.717) is 17.8 Å². The molecule has 8 heteroatoms. The van der Waals surface area contributed by atoms with Crippen molar-refractivity contribution in [3.05, 3.63) is 108 Å². The smallest absolute Gasteiger partial charge is 0.261 e. The fourth-order valence-corrected chi connectivity index (χ4v) is 4.39. The second-order valence-electron chi connectivity index (χ2n) is 7.69. The summed E-state index contributed by atoms with van der Waals surface area (Å²) in [5, 5.41) is 2.88. The van der Waals surface area contributed by atoms with E-state index < -0.39 is 10.0 Å². The van der Waals surface area contributed by atoms with Gasteiger partial charge in [-0.2, -0.15) is 0 Å². The van der Waals surface area contributed by atoms with E-state index in [0.717, 1.165) is 22.6 Å². The van der Waals surface area contributed by atoms with Crippen LogP contribution in [0.25, 0.3) is 5.69 Å². The number of hydrogen-bond donors (Lipinski definition) is 2. The van der Waals surface area contributed by atoms with Gasteiger partial charge in [-0.05, 0) is 67.9 Å². The van der Waals surface area contributed by atoms with Gasteiger partial charge in [0.25, 0.3) is 15.9 Å². The summed E-state index contributed by atoms with van der Waals surface area (Å²) in [7, 11) is -3.69. The number of carbonyl (C=O) groups is 1. The summed E-state index contributed by atoms with van der Waals surface area (Å²) in [6.07, 6.45) is 3.65. The van der Waals surface area contributed by atoms with E-state index in [1.54, 1.807) is 54.7 Å². The fraction of sp³-hybridized carbons (Fsp3) is 0.120. The number of amides is 1. The SMILES string of the molecule is Cc1ccc(S(=O)(=O)Nc2ccc(C(=O)NCc3ccc(-n4ccnc4C)cc3)cc2)cc1. The summed E-state index contributed by atoms with van der Waals surface area (Å²) in [5.41, 5.74) is 3.78. The first-order chi connectivity index (χ1) is 15.8. The molecule has 168 valence electrons.